The second-order valence-electron chi connectivity index (χ2n) is 3.17. The number of aromatic nitrogens is 1. The van der Waals surface area contributed by atoms with Gasteiger partial charge in [-0.3, -0.25) is 0 Å². The van der Waals surface area contributed by atoms with Crippen molar-refractivity contribution in [3.05, 3.63) is 46.3 Å². The molecule has 0 bridgehead atoms. The molecule has 0 fully saturated rings. The van der Waals surface area contributed by atoms with Gasteiger partial charge in [0.2, 0.25) is 5.88 Å². The predicted octanol–water partition coefficient (Wildman–Crippen LogP) is 2.20. The number of hydrogen-bond acceptors (Lipinski definition) is 4. The molecule has 0 saturated carbocycles. The molecular weight excluding hydrogens is 208 g/mol. The first kappa shape index (κ1) is 10.1. The van der Waals surface area contributed by atoms with Crippen LogP contribution in [-0.2, 0) is 0 Å². The van der Waals surface area contributed by atoms with Crippen LogP contribution in [0, 0.1) is 0 Å². The fourth-order valence-electron chi connectivity index (χ4n) is 1.34. The molecule has 0 aliphatic rings. The molecular formula is C11H12N2OS. The highest BCUT2D eigenvalue weighted by Crippen LogP contribution is 2.21. The van der Waals surface area contributed by atoms with E-state index in [4.69, 9.17) is 10.5 Å². The fraction of sp³-hybridized carbons (Fsp3) is 0.182. The highest BCUT2D eigenvalue weighted by molar-refractivity contribution is 7.08. The Kier molecular flexibility index (Phi) is 2.99. The van der Waals surface area contributed by atoms with E-state index < -0.39 is 0 Å². The van der Waals surface area contributed by atoms with Crippen molar-refractivity contribution in [1.29, 1.82) is 0 Å². The minimum atomic E-state index is -0.102. The summed E-state index contributed by atoms with van der Waals surface area (Å²) >= 11 is 1.65. The minimum Gasteiger partial charge on any atom is -0.481 e. The highest BCUT2D eigenvalue weighted by Gasteiger charge is 2.09. The maximum Gasteiger partial charge on any atom is 0.212 e. The zero-order valence-corrected chi connectivity index (χ0v) is 9.20. The molecule has 4 heteroatoms. The van der Waals surface area contributed by atoms with Gasteiger partial charge in [-0.2, -0.15) is 11.3 Å². The van der Waals surface area contributed by atoms with Crippen LogP contribution in [-0.4, -0.2) is 12.1 Å². The summed E-state index contributed by atoms with van der Waals surface area (Å²) in [5.74, 6) is 0.608. The normalized spacial score (nSPS) is 12.4. The molecule has 0 aliphatic carbocycles. The summed E-state index contributed by atoms with van der Waals surface area (Å²) in [4.78, 5) is 4.13. The number of hydrogen-bond donors (Lipinski definition) is 1. The number of methoxy groups -OCH3 is 1. The summed E-state index contributed by atoms with van der Waals surface area (Å²) in [5.41, 5.74) is 8.19. The van der Waals surface area contributed by atoms with E-state index in [2.05, 4.69) is 10.4 Å². The maximum absolute atomic E-state index is 6.08. The molecule has 0 amide bonds. The molecule has 0 spiro atoms. The fourth-order valence-corrected chi connectivity index (χ4v) is 2.04. The van der Waals surface area contributed by atoms with Crippen molar-refractivity contribution in [1.82, 2.24) is 4.98 Å². The third kappa shape index (κ3) is 2.16. The largest absolute Gasteiger partial charge is 0.481 e. The number of nitrogens with two attached hydrogens (primary N) is 1. The van der Waals surface area contributed by atoms with Gasteiger partial charge in [-0.25, -0.2) is 4.98 Å². The monoisotopic (exact) mass is 220 g/mol. The average Bonchev–Trinajstić information content (AvgIpc) is 2.82. The average molecular weight is 220 g/mol. The molecule has 2 aromatic rings. The number of rotatable bonds is 3. The topological polar surface area (TPSA) is 48.1 Å². The molecule has 2 aromatic heterocycles. The summed E-state index contributed by atoms with van der Waals surface area (Å²) in [5, 5.41) is 4.07. The molecule has 0 radical (unpaired) electrons. The molecule has 2 rings (SSSR count). The summed E-state index contributed by atoms with van der Waals surface area (Å²) in [6.45, 7) is 0. The van der Waals surface area contributed by atoms with E-state index in [0.29, 0.717) is 5.88 Å². The molecule has 0 aromatic carbocycles. The van der Waals surface area contributed by atoms with Gasteiger partial charge in [0.25, 0.3) is 0 Å². The van der Waals surface area contributed by atoms with Crippen LogP contribution in [0.15, 0.2) is 35.2 Å². The predicted molar refractivity (Wildman–Crippen MR) is 61.1 cm³/mol. The third-order valence-corrected chi connectivity index (χ3v) is 2.93. The van der Waals surface area contributed by atoms with Crippen LogP contribution in [0.3, 0.4) is 0 Å². The van der Waals surface area contributed by atoms with Crippen molar-refractivity contribution in [2.75, 3.05) is 7.11 Å². The van der Waals surface area contributed by atoms with Crippen LogP contribution in [0.1, 0.15) is 17.2 Å². The molecule has 15 heavy (non-hydrogen) atoms. The minimum absolute atomic E-state index is 0.102. The molecule has 2 heterocycles. The van der Waals surface area contributed by atoms with Crippen LogP contribution in [0.2, 0.25) is 0 Å². The third-order valence-electron chi connectivity index (χ3n) is 2.23. The van der Waals surface area contributed by atoms with Crippen molar-refractivity contribution < 1.29 is 4.74 Å². The first-order chi connectivity index (χ1) is 7.31. The Balaban J connectivity index is 2.22. The molecule has 78 valence electrons. The van der Waals surface area contributed by atoms with Crippen LogP contribution in [0.5, 0.6) is 5.88 Å². The van der Waals surface area contributed by atoms with E-state index in [0.717, 1.165) is 11.1 Å². The standard InChI is InChI=1S/C11H12N2OS/c1-14-10-3-2-8(6-13-10)11(12)9-4-5-15-7-9/h2-7,11H,12H2,1H3/t11-/m0/s1. The zero-order valence-electron chi connectivity index (χ0n) is 8.38. The van der Waals surface area contributed by atoms with Gasteiger partial charge in [-0.1, -0.05) is 6.07 Å². The smallest absolute Gasteiger partial charge is 0.212 e. The number of pyridine rings is 1. The van der Waals surface area contributed by atoms with Crippen molar-refractivity contribution in [2.45, 2.75) is 6.04 Å². The van der Waals surface area contributed by atoms with E-state index in [1.165, 1.54) is 0 Å². The Morgan fingerprint density at radius 3 is 2.73 bits per heavy atom. The van der Waals surface area contributed by atoms with E-state index in [1.54, 1.807) is 24.6 Å². The number of ether oxygens (including phenoxy) is 1. The van der Waals surface area contributed by atoms with Crippen molar-refractivity contribution in [3.8, 4) is 5.88 Å². The molecule has 2 N–H and O–H groups in total. The number of thiophene rings is 1. The molecule has 0 unspecified atom stereocenters. The van der Waals surface area contributed by atoms with Gasteiger partial charge in [0.15, 0.2) is 0 Å². The Hall–Kier alpha value is -1.39. The summed E-state index contributed by atoms with van der Waals surface area (Å²) < 4.78 is 4.99. The van der Waals surface area contributed by atoms with Crippen LogP contribution >= 0.6 is 11.3 Å². The Bertz CT molecular complexity index is 411. The molecule has 0 saturated heterocycles. The first-order valence-corrected chi connectivity index (χ1v) is 5.53. The van der Waals surface area contributed by atoms with Crippen molar-refractivity contribution in [2.24, 2.45) is 5.73 Å². The Labute approximate surface area is 92.5 Å². The summed E-state index contributed by atoms with van der Waals surface area (Å²) in [6, 6.07) is 5.68. The lowest BCUT2D eigenvalue weighted by Crippen LogP contribution is -2.11. The van der Waals surface area contributed by atoms with Crippen molar-refractivity contribution >= 4 is 11.3 Å². The van der Waals surface area contributed by atoms with Gasteiger partial charge in [0, 0.05) is 12.3 Å². The zero-order chi connectivity index (χ0) is 10.7. The second kappa shape index (κ2) is 4.42. The van der Waals surface area contributed by atoms with Gasteiger partial charge < -0.3 is 10.5 Å². The first-order valence-electron chi connectivity index (χ1n) is 4.59. The summed E-state index contributed by atoms with van der Waals surface area (Å²) in [6.07, 6.45) is 1.75. The molecule has 3 nitrogen and oxygen atoms in total. The molecule has 0 aliphatic heterocycles. The van der Waals surface area contributed by atoms with E-state index >= 15 is 0 Å². The van der Waals surface area contributed by atoms with Gasteiger partial charge >= 0.3 is 0 Å². The summed E-state index contributed by atoms with van der Waals surface area (Å²) in [7, 11) is 1.60. The SMILES string of the molecule is COc1ccc([C@H](N)c2ccsc2)cn1. The van der Waals surface area contributed by atoms with Gasteiger partial charge in [0.1, 0.15) is 0 Å². The van der Waals surface area contributed by atoms with Gasteiger partial charge in [-0.15, -0.1) is 0 Å². The van der Waals surface area contributed by atoms with Crippen LogP contribution in [0.25, 0.3) is 0 Å². The quantitative estimate of drug-likeness (QED) is 0.862. The van der Waals surface area contributed by atoms with E-state index in [9.17, 15) is 0 Å². The second-order valence-corrected chi connectivity index (χ2v) is 3.95. The van der Waals surface area contributed by atoms with Crippen molar-refractivity contribution in [3.63, 3.8) is 0 Å². The lowest BCUT2D eigenvalue weighted by Gasteiger charge is -2.10. The Morgan fingerprint density at radius 1 is 1.33 bits per heavy atom. The van der Waals surface area contributed by atoms with Gasteiger partial charge in [0.05, 0.1) is 13.2 Å². The lowest BCUT2D eigenvalue weighted by atomic mass is 10.0. The highest BCUT2D eigenvalue weighted by atomic mass is 32.1. The van der Waals surface area contributed by atoms with E-state index in [-0.39, 0.29) is 6.04 Å². The Morgan fingerprint density at radius 2 is 2.20 bits per heavy atom. The maximum atomic E-state index is 6.08. The number of nitrogens with zero attached hydrogens (tertiary/aromatic N) is 1. The van der Waals surface area contributed by atoms with Crippen LogP contribution in [0.4, 0.5) is 0 Å². The molecule has 1 atom stereocenters. The van der Waals surface area contributed by atoms with E-state index in [1.807, 2.05) is 23.6 Å². The lowest BCUT2D eigenvalue weighted by molar-refractivity contribution is 0.397. The van der Waals surface area contributed by atoms with Crippen LogP contribution < -0.4 is 10.5 Å². The van der Waals surface area contributed by atoms with Gasteiger partial charge in [-0.05, 0) is 28.0 Å².